The molecule has 6 nitrogen and oxygen atoms in total. The van der Waals surface area contributed by atoms with Crippen molar-refractivity contribution in [3.05, 3.63) is 46.3 Å². The Bertz CT molecular complexity index is 725. The van der Waals surface area contributed by atoms with E-state index in [0.717, 1.165) is 5.39 Å². The van der Waals surface area contributed by atoms with Crippen LogP contribution in [0.4, 0.5) is 0 Å². The highest BCUT2D eigenvalue weighted by Gasteiger charge is 2.29. The van der Waals surface area contributed by atoms with Crippen molar-refractivity contribution < 1.29 is 13.9 Å². The zero-order valence-electron chi connectivity index (χ0n) is 11.6. The number of hydrogen-bond acceptors (Lipinski definition) is 5. The van der Waals surface area contributed by atoms with Gasteiger partial charge < -0.3 is 19.8 Å². The predicted molar refractivity (Wildman–Crippen MR) is 77.4 cm³/mol. The van der Waals surface area contributed by atoms with Crippen LogP contribution in [0.15, 0.2) is 39.5 Å². The molecule has 2 N–H and O–H groups in total. The van der Waals surface area contributed by atoms with E-state index < -0.39 is 11.5 Å². The molecule has 1 saturated heterocycles. The monoisotopic (exact) mass is 288 g/mol. The van der Waals surface area contributed by atoms with Gasteiger partial charge in [0.25, 0.3) is 5.91 Å². The van der Waals surface area contributed by atoms with E-state index in [0.29, 0.717) is 18.7 Å². The molecule has 0 bridgehead atoms. The fourth-order valence-corrected chi connectivity index (χ4v) is 2.51. The van der Waals surface area contributed by atoms with E-state index in [1.165, 1.54) is 0 Å². The van der Waals surface area contributed by atoms with E-state index in [4.69, 9.17) is 9.15 Å². The molecular formula is C15H16N2O4. The van der Waals surface area contributed by atoms with Crippen molar-refractivity contribution in [2.75, 3.05) is 20.2 Å². The van der Waals surface area contributed by atoms with E-state index in [-0.39, 0.29) is 17.7 Å². The lowest BCUT2D eigenvalue weighted by atomic mass is 10.1. The molecule has 0 saturated carbocycles. The van der Waals surface area contributed by atoms with Gasteiger partial charge in [0.15, 0.2) is 0 Å². The SMILES string of the molecule is CO[C@H]1CNCC1NC(=O)c1cc2ccccc2oc1=O. The van der Waals surface area contributed by atoms with Crippen molar-refractivity contribution in [3.63, 3.8) is 0 Å². The summed E-state index contributed by atoms with van der Waals surface area (Å²) in [4.78, 5) is 24.2. The molecule has 110 valence electrons. The van der Waals surface area contributed by atoms with Crippen LogP contribution in [-0.4, -0.2) is 38.3 Å². The number of carbonyl (C=O) groups is 1. The van der Waals surface area contributed by atoms with Crippen molar-refractivity contribution in [2.45, 2.75) is 12.1 Å². The van der Waals surface area contributed by atoms with Crippen molar-refractivity contribution in [1.29, 1.82) is 0 Å². The van der Waals surface area contributed by atoms with Gasteiger partial charge in [-0.05, 0) is 12.1 Å². The third-order valence-electron chi connectivity index (χ3n) is 3.66. The fraction of sp³-hybridized carbons (Fsp3) is 0.333. The zero-order chi connectivity index (χ0) is 14.8. The second kappa shape index (κ2) is 5.67. The highest BCUT2D eigenvalue weighted by atomic mass is 16.5. The number of amides is 1. The van der Waals surface area contributed by atoms with Crippen molar-refractivity contribution >= 4 is 16.9 Å². The van der Waals surface area contributed by atoms with Crippen LogP contribution in [0.5, 0.6) is 0 Å². The molecular weight excluding hydrogens is 272 g/mol. The van der Waals surface area contributed by atoms with Gasteiger partial charge in [-0.25, -0.2) is 4.79 Å². The molecule has 1 aromatic heterocycles. The number of hydrogen-bond donors (Lipinski definition) is 2. The molecule has 21 heavy (non-hydrogen) atoms. The Morgan fingerprint density at radius 3 is 3.00 bits per heavy atom. The minimum Gasteiger partial charge on any atom is -0.422 e. The summed E-state index contributed by atoms with van der Waals surface area (Å²) in [5.41, 5.74) is -0.155. The standard InChI is InChI=1S/C15H16N2O4/c1-20-13-8-16-7-11(13)17-14(18)10-6-9-4-2-3-5-12(9)21-15(10)19/h2-6,11,13,16H,7-8H2,1H3,(H,17,18)/t11?,13-/m0/s1. The van der Waals surface area contributed by atoms with E-state index in [2.05, 4.69) is 10.6 Å². The molecule has 0 radical (unpaired) electrons. The number of methoxy groups -OCH3 is 1. The van der Waals surface area contributed by atoms with Gasteiger partial charge in [0.05, 0.1) is 12.1 Å². The van der Waals surface area contributed by atoms with Gasteiger partial charge in [0, 0.05) is 25.6 Å². The smallest absolute Gasteiger partial charge is 0.349 e. The summed E-state index contributed by atoms with van der Waals surface area (Å²) in [5, 5.41) is 6.67. The summed E-state index contributed by atoms with van der Waals surface area (Å²) in [6.07, 6.45) is -0.0959. The number of para-hydroxylation sites is 1. The molecule has 0 spiro atoms. The first-order valence-electron chi connectivity index (χ1n) is 6.76. The van der Waals surface area contributed by atoms with Gasteiger partial charge in [-0.1, -0.05) is 18.2 Å². The van der Waals surface area contributed by atoms with E-state index >= 15 is 0 Å². The molecule has 1 amide bonds. The van der Waals surface area contributed by atoms with Crippen LogP contribution in [0.1, 0.15) is 10.4 Å². The minimum absolute atomic E-state index is 0.00968. The Balaban J connectivity index is 1.87. The third-order valence-corrected chi connectivity index (χ3v) is 3.66. The molecule has 1 aromatic carbocycles. The molecule has 2 aromatic rings. The predicted octanol–water partition coefficient (Wildman–Crippen LogP) is 0.510. The van der Waals surface area contributed by atoms with Crippen LogP contribution in [0, 0.1) is 0 Å². The topological polar surface area (TPSA) is 80.6 Å². The zero-order valence-corrected chi connectivity index (χ0v) is 11.6. The first-order valence-corrected chi connectivity index (χ1v) is 6.76. The fourth-order valence-electron chi connectivity index (χ4n) is 2.51. The number of benzene rings is 1. The Kier molecular flexibility index (Phi) is 3.72. The van der Waals surface area contributed by atoms with E-state index in [1.54, 1.807) is 31.4 Å². The van der Waals surface area contributed by atoms with Crippen LogP contribution >= 0.6 is 0 Å². The van der Waals surface area contributed by atoms with Gasteiger partial charge in [-0.15, -0.1) is 0 Å². The average Bonchev–Trinajstić information content (AvgIpc) is 2.93. The summed E-state index contributed by atoms with van der Waals surface area (Å²) >= 11 is 0. The van der Waals surface area contributed by atoms with Gasteiger partial charge in [-0.3, -0.25) is 4.79 Å². The summed E-state index contributed by atoms with van der Waals surface area (Å²) in [6, 6.07) is 8.49. The molecule has 0 aliphatic carbocycles. The lowest BCUT2D eigenvalue weighted by Crippen LogP contribution is -2.44. The first-order chi connectivity index (χ1) is 10.2. The number of carbonyl (C=O) groups excluding carboxylic acids is 1. The lowest BCUT2D eigenvalue weighted by Gasteiger charge is -2.18. The third kappa shape index (κ3) is 2.68. The van der Waals surface area contributed by atoms with Crippen molar-refractivity contribution in [2.24, 2.45) is 0 Å². The highest BCUT2D eigenvalue weighted by Crippen LogP contribution is 2.13. The van der Waals surface area contributed by atoms with Crippen molar-refractivity contribution in [1.82, 2.24) is 10.6 Å². The van der Waals surface area contributed by atoms with Crippen LogP contribution in [0.2, 0.25) is 0 Å². The van der Waals surface area contributed by atoms with Gasteiger partial charge in [0.1, 0.15) is 11.1 Å². The minimum atomic E-state index is -0.633. The molecule has 1 aliphatic heterocycles. The van der Waals surface area contributed by atoms with Gasteiger partial charge in [-0.2, -0.15) is 0 Å². The average molecular weight is 288 g/mol. The first kappa shape index (κ1) is 13.8. The second-order valence-corrected chi connectivity index (χ2v) is 5.00. The van der Waals surface area contributed by atoms with E-state index in [1.807, 2.05) is 6.07 Å². The summed E-state index contributed by atoms with van der Waals surface area (Å²) in [5.74, 6) is -0.440. The highest BCUT2D eigenvalue weighted by molar-refractivity contribution is 5.96. The maximum Gasteiger partial charge on any atom is 0.349 e. The maximum absolute atomic E-state index is 12.3. The Morgan fingerprint density at radius 2 is 2.19 bits per heavy atom. The van der Waals surface area contributed by atoms with Crippen LogP contribution in [-0.2, 0) is 4.74 Å². The number of nitrogens with one attached hydrogen (secondary N) is 2. The van der Waals surface area contributed by atoms with Crippen LogP contribution in [0.25, 0.3) is 11.0 Å². The molecule has 2 heterocycles. The quantitative estimate of drug-likeness (QED) is 0.804. The van der Waals surface area contributed by atoms with Crippen molar-refractivity contribution in [3.8, 4) is 0 Å². The molecule has 1 aliphatic rings. The van der Waals surface area contributed by atoms with Crippen LogP contribution < -0.4 is 16.3 Å². The Morgan fingerprint density at radius 1 is 1.38 bits per heavy atom. The Hall–Kier alpha value is -2.18. The van der Waals surface area contributed by atoms with E-state index in [9.17, 15) is 9.59 Å². The van der Waals surface area contributed by atoms with Crippen LogP contribution in [0.3, 0.4) is 0 Å². The molecule has 3 rings (SSSR count). The molecule has 1 unspecified atom stereocenters. The summed E-state index contributed by atoms with van der Waals surface area (Å²) < 4.78 is 10.5. The number of fused-ring (bicyclic) bond motifs is 1. The molecule has 1 fully saturated rings. The summed E-state index contributed by atoms with van der Waals surface area (Å²) in [6.45, 7) is 1.29. The van der Waals surface area contributed by atoms with Gasteiger partial charge in [0.2, 0.25) is 0 Å². The Labute approximate surface area is 121 Å². The van der Waals surface area contributed by atoms with Gasteiger partial charge >= 0.3 is 5.63 Å². The largest absolute Gasteiger partial charge is 0.422 e. The molecule has 6 heteroatoms. The number of ether oxygens (including phenoxy) is 1. The maximum atomic E-state index is 12.3. The second-order valence-electron chi connectivity index (χ2n) is 5.00. The summed E-state index contributed by atoms with van der Waals surface area (Å²) in [7, 11) is 1.60. The lowest BCUT2D eigenvalue weighted by molar-refractivity contribution is 0.0777. The molecule has 2 atom stereocenters. The number of rotatable bonds is 3. The normalized spacial score (nSPS) is 21.6.